The molecule has 0 aliphatic carbocycles. The zero-order valence-corrected chi connectivity index (χ0v) is 13.9. The highest BCUT2D eigenvalue weighted by atomic mass is 16.1. The van der Waals surface area contributed by atoms with Crippen LogP contribution in [-0.2, 0) is 19.6 Å². The second kappa shape index (κ2) is 7.12. The second-order valence-electron chi connectivity index (χ2n) is 5.60. The zero-order valence-electron chi connectivity index (χ0n) is 13.9. The summed E-state index contributed by atoms with van der Waals surface area (Å²) in [5.74, 6) is 0.703. The number of rotatable bonds is 6. The molecule has 124 valence electrons. The number of amides is 1. The molecule has 0 spiro atoms. The Balaban J connectivity index is 1.66. The van der Waals surface area contributed by atoms with Crippen molar-refractivity contribution in [3.05, 3.63) is 71.6 Å². The number of hydrogen-bond acceptors (Lipinski definition) is 3. The molecule has 0 aliphatic heterocycles. The molecule has 1 aromatic carbocycles. The molecule has 24 heavy (non-hydrogen) atoms. The van der Waals surface area contributed by atoms with Crippen LogP contribution in [0.4, 0.5) is 0 Å². The summed E-state index contributed by atoms with van der Waals surface area (Å²) in [5.41, 5.74) is 2.68. The lowest BCUT2D eigenvalue weighted by molar-refractivity contribution is 0.0949. The Morgan fingerprint density at radius 1 is 1.25 bits per heavy atom. The predicted molar refractivity (Wildman–Crippen MR) is 91.6 cm³/mol. The molecule has 0 aliphatic rings. The number of carbonyl (C=O) groups excluding carboxylic acids is 1. The molecule has 0 bridgehead atoms. The number of hydrogen-bond donors (Lipinski definition) is 1. The first-order chi connectivity index (χ1) is 11.7. The van der Waals surface area contributed by atoms with Gasteiger partial charge in [0.05, 0.1) is 18.3 Å². The molecule has 2 aromatic heterocycles. The zero-order chi connectivity index (χ0) is 16.9. The van der Waals surface area contributed by atoms with Crippen LogP contribution >= 0.6 is 0 Å². The van der Waals surface area contributed by atoms with Gasteiger partial charge in [-0.2, -0.15) is 5.10 Å². The van der Waals surface area contributed by atoms with Crippen LogP contribution in [0.2, 0.25) is 0 Å². The molecule has 1 amide bonds. The number of imidazole rings is 1. The Bertz CT molecular complexity index is 819. The Kier molecular flexibility index (Phi) is 4.74. The first-order valence-electron chi connectivity index (χ1n) is 8.03. The van der Waals surface area contributed by atoms with E-state index in [-0.39, 0.29) is 5.91 Å². The molecule has 6 nitrogen and oxygen atoms in total. The van der Waals surface area contributed by atoms with E-state index in [2.05, 4.69) is 27.5 Å². The van der Waals surface area contributed by atoms with Gasteiger partial charge in [0, 0.05) is 31.2 Å². The van der Waals surface area contributed by atoms with E-state index in [4.69, 9.17) is 0 Å². The molecular weight excluding hydrogens is 302 g/mol. The molecule has 0 saturated heterocycles. The summed E-state index contributed by atoms with van der Waals surface area (Å²) >= 11 is 0. The van der Waals surface area contributed by atoms with Crippen LogP contribution in [0.5, 0.6) is 0 Å². The number of nitrogens with one attached hydrogen (secondary N) is 1. The monoisotopic (exact) mass is 323 g/mol. The van der Waals surface area contributed by atoms with E-state index in [1.807, 2.05) is 47.5 Å². The van der Waals surface area contributed by atoms with Crippen LogP contribution in [0.1, 0.15) is 34.4 Å². The molecule has 6 heteroatoms. The highest BCUT2D eigenvalue weighted by Crippen LogP contribution is 2.08. The highest BCUT2D eigenvalue weighted by molar-refractivity contribution is 5.94. The molecule has 0 saturated carbocycles. The van der Waals surface area contributed by atoms with Gasteiger partial charge < -0.3 is 9.88 Å². The summed E-state index contributed by atoms with van der Waals surface area (Å²) < 4.78 is 3.85. The fourth-order valence-electron chi connectivity index (χ4n) is 2.67. The third-order valence-electron chi connectivity index (χ3n) is 4.05. The summed E-state index contributed by atoms with van der Waals surface area (Å²) in [4.78, 5) is 16.7. The van der Waals surface area contributed by atoms with Crippen LogP contribution in [0, 0.1) is 6.92 Å². The minimum absolute atomic E-state index is 0.124. The van der Waals surface area contributed by atoms with Gasteiger partial charge in [0.1, 0.15) is 5.82 Å². The molecular formula is C18H21N5O. The number of benzene rings is 1. The first kappa shape index (κ1) is 16.0. The van der Waals surface area contributed by atoms with Crippen molar-refractivity contribution in [3.63, 3.8) is 0 Å². The first-order valence-corrected chi connectivity index (χ1v) is 8.03. The van der Waals surface area contributed by atoms with Crippen molar-refractivity contribution in [2.24, 2.45) is 0 Å². The second-order valence-corrected chi connectivity index (χ2v) is 5.60. The third-order valence-corrected chi connectivity index (χ3v) is 4.05. The lowest BCUT2D eigenvalue weighted by Crippen LogP contribution is -2.25. The molecule has 0 atom stereocenters. The van der Waals surface area contributed by atoms with Crippen molar-refractivity contribution in [2.75, 3.05) is 0 Å². The molecule has 2 heterocycles. The molecule has 0 radical (unpaired) electrons. The van der Waals surface area contributed by atoms with Gasteiger partial charge >= 0.3 is 0 Å². The maximum absolute atomic E-state index is 12.4. The molecule has 3 aromatic rings. The van der Waals surface area contributed by atoms with E-state index < -0.39 is 0 Å². The van der Waals surface area contributed by atoms with Gasteiger partial charge in [-0.25, -0.2) is 4.98 Å². The van der Waals surface area contributed by atoms with Crippen LogP contribution in [-0.4, -0.2) is 25.2 Å². The summed E-state index contributed by atoms with van der Waals surface area (Å²) in [6.07, 6.45) is 5.30. The quantitative estimate of drug-likeness (QED) is 0.757. The average molecular weight is 323 g/mol. The van der Waals surface area contributed by atoms with E-state index in [0.29, 0.717) is 12.1 Å². The lowest BCUT2D eigenvalue weighted by Gasteiger charge is -2.09. The SMILES string of the molecule is CCn1ncc(C(=O)NCc2nccn2Cc2ccccc2)c1C. The van der Waals surface area contributed by atoms with Gasteiger partial charge in [-0.05, 0) is 19.4 Å². The smallest absolute Gasteiger partial charge is 0.255 e. The molecule has 0 fully saturated rings. The Hall–Kier alpha value is -2.89. The maximum atomic E-state index is 12.4. The third kappa shape index (κ3) is 3.37. The molecule has 1 N–H and O–H groups in total. The molecule has 3 rings (SSSR count). The van der Waals surface area contributed by atoms with E-state index in [9.17, 15) is 4.79 Å². The Labute approximate surface area is 141 Å². The van der Waals surface area contributed by atoms with Gasteiger partial charge in [0.25, 0.3) is 5.91 Å². The van der Waals surface area contributed by atoms with E-state index in [1.165, 1.54) is 5.56 Å². The fourth-order valence-corrected chi connectivity index (χ4v) is 2.67. The highest BCUT2D eigenvalue weighted by Gasteiger charge is 2.14. The van der Waals surface area contributed by atoms with Gasteiger partial charge in [-0.15, -0.1) is 0 Å². The van der Waals surface area contributed by atoms with Crippen LogP contribution in [0.3, 0.4) is 0 Å². The average Bonchev–Trinajstić information content (AvgIpc) is 3.20. The summed E-state index contributed by atoms with van der Waals surface area (Å²) in [6, 6.07) is 10.2. The van der Waals surface area contributed by atoms with Crippen molar-refractivity contribution in [1.29, 1.82) is 0 Å². The summed E-state index contributed by atoms with van der Waals surface area (Å²) in [6.45, 7) is 5.78. The topological polar surface area (TPSA) is 64.7 Å². The maximum Gasteiger partial charge on any atom is 0.255 e. The van der Waals surface area contributed by atoms with Gasteiger partial charge in [0.2, 0.25) is 0 Å². The van der Waals surface area contributed by atoms with E-state index >= 15 is 0 Å². The number of nitrogens with zero attached hydrogens (tertiary/aromatic N) is 4. The minimum Gasteiger partial charge on any atom is -0.345 e. The van der Waals surface area contributed by atoms with Gasteiger partial charge in [0.15, 0.2) is 0 Å². The van der Waals surface area contributed by atoms with Crippen LogP contribution in [0.25, 0.3) is 0 Å². The van der Waals surface area contributed by atoms with Crippen molar-refractivity contribution in [1.82, 2.24) is 24.6 Å². The van der Waals surface area contributed by atoms with Gasteiger partial charge in [-0.1, -0.05) is 30.3 Å². The largest absolute Gasteiger partial charge is 0.345 e. The molecule has 0 unspecified atom stereocenters. The van der Waals surface area contributed by atoms with Crippen molar-refractivity contribution >= 4 is 5.91 Å². The lowest BCUT2D eigenvalue weighted by atomic mass is 10.2. The van der Waals surface area contributed by atoms with Crippen molar-refractivity contribution < 1.29 is 4.79 Å². The number of aromatic nitrogens is 4. The summed E-state index contributed by atoms with van der Waals surface area (Å²) in [7, 11) is 0. The minimum atomic E-state index is -0.124. The fraction of sp³-hybridized carbons (Fsp3) is 0.278. The van der Waals surface area contributed by atoms with Crippen LogP contribution < -0.4 is 5.32 Å². The number of aryl methyl sites for hydroxylation is 1. The van der Waals surface area contributed by atoms with E-state index in [0.717, 1.165) is 24.6 Å². The van der Waals surface area contributed by atoms with Crippen molar-refractivity contribution in [3.8, 4) is 0 Å². The normalized spacial score (nSPS) is 10.8. The standard InChI is InChI=1S/C18H21N5O/c1-3-23-14(2)16(11-21-23)18(24)20-12-17-19-9-10-22(17)13-15-7-5-4-6-8-15/h4-11H,3,12-13H2,1-2H3,(H,20,24). The van der Waals surface area contributed by atoms with Crippen LogP contribution in [0.15, 0.2) is 48.9 Å². The Morgan fingerprint density at radius 3 is 2.75 bits per heavy atom. The number of carbonyl (C=O) groups is 1. The predicted octanol–water partition coefficient (Wildman–Crippen LogP) is 2.39. The van der Waals surface area contributed by atoms with E-state index in [1.54, 1.807) is 12.4 Å². The van der Waals surface area contributed by atoms with Crippen molar-refractivity contribution in [2.45, 2.75) is 33.5 Å². The summed E-state index contributed by atoms with van der Waals surface area (Å²) in [5, 5.41) is 7.14. The Morgan fingerprint density at radius 2 is 2.04 bits per heavy atom. The van der Waals surface area contributed by atoms with Gasteiger partial charge in [-0.3, -0.25) is 9.48 Å².